The maximum Gasteiger partial charge on any atom is 0.410 e. The maximum atomic E-state index is 12.4. The van der Waals surface area contributed by atoms with Gasteiger partial charge < -0.3 is 19.3 Å². The van der Waals surface area contributed by atoms with E-state index < -0.39 is 5.60 Å². The molecule has 6 nitrogen and oxygen atoms in total. The lowest BCUT2D eigenvalue weighted by Gasteiger charge is -2.43. The number of carbonyl (C=O) groups is 1. The number of hydrogen-bond acceptors (Lipinski definition) is 5. The molecule has 2 atom stereocenters. The second-order valence-electron chi connectivity index (χ2n) is 7.92. The van der Waals surface area contributed by atoms with E-state index in [-0.39, 0.29) is 18.2 Å². The first-order chi connectivity index (χ1) is 11.8. The molecule has 6 heteroatoms. The molecule has 0 unspecified atom stereocenters. The lowest BCUT2D eigenvalue weighted by atomic mass is 10.1. The number of rotatable bonds is 3. The minimum absolute atomic E-state index is 0.211. The van der Waals surface area contributed by atoms with Crippen molar-refractivity contribution in [1.29, 1.82) is 0 Å². The van der Waals surface area contributed by atoms with Crippen LogP contribution >= 0.6 is 0 Å². The van der Waals surface area contributed by atoms with Gasteiger partial charge in [-0.05, 0) is 52.7 Å². The molecule has 1 aromatic rings. The topological polar surface area (TPSA) is 54.9 Å². The number of anilines is 1. The van der Waals surface area contributed by atoms with Gasteiger partial charge in [0.1, 0.15) is 11.4 Å². The van der Waals surface area contributed by atoms with Crippen LogP contribution in [0.1, 0.15) is 45.9 Å². The van der Waals surface area contributed by atoms with Crippen LogP contribution in [0.15, 0.2) is 12.1 Å². The highest BCUT2D eigenvalue weighted by atomic mass is 16.6. The summed E-state index contributed by atoms with van der Waals surface area (Å²) in [6.07, 6.45) is 0.695. The van der Waals surface area contributed by atoms with E-state index in [1.54, 1.807) is 0 Å². The van der Waals surface area contributed by atoms with E-state index in [4.69, 9.17) is 14.5 Å². The molecule has 2 aliphatic heterocycles. The zero-order valence-electron chi connectivity index (χ0n) is 15.9. The summed E-state index contributed by atoms with van der Waals surface area (Å²) in [7, 11) is 0. The van der Waals surface area contributed by atoms with Gasteiger partial charge >= 0.3 is 6.09 Å². The summed E-state index contributed by atoms with van der Waals surface area (Å²) in [5, 5.41) is 0. The van der Waals surface area contributed by atoms with E-state index in [2.05, 4.69) is 17.9 Å². The van der Waals surface area contributed by atoms with Crippen molar-refractivity contribution in [3.63, 3.8) is 0 Å². The summed E-state index contributed by atoms with van der Waals surface area (Å²) in [5.41, 5.74) is 1.75. The first-order valence-electron chi connectivity index (χ1n) is 9.11. The highest BCUT2D eigenvalue weighted by Crippen LogP contribution is 2.35. The van der Waals surface area contributed by atoms with Crippen molar-refractivity contribution in [2.45, 2.75) is 65.3 Å². The quantitative estimate of drug-likeness (QED) is 0.841. The van der Waals surface area contributed by atoms with Crippen molar-refractivity contribution in [2.75, 3.05) is 24.6 Å². The fraction of sp³-hybridized carbons (Fsp3) is 0.684. The molecule has 0 bridgehead atoms. The smallest absolute Gasteiger partial charge is 0.410 e. The van der Waals surface area contributed by atoms with Gasteiger partial charge in [-0.3, -0.25) is 0 Å². The Morgan fingerprint density at radius 1 is 1.32 bits per heavy atom. The summed E-state index contributed by atoms with van der Waals surface area (Å²) >= 11 is 0. The molecule has 0 N–H and O–H groups in total. The number of ether oxygens (including phenoxy) is 2. The number of pyridine rings is 1. The number of hydrogen-bond donors (Lipinski definition) is 0. The van der Waals surface area contributed by atoms with E-state index in [0.717, 1.165) is 17.9 Å². The monoisotopic (exact) mass is 347 g/mol. The minimum atomic E-state index is -0.466. The molecule has 3 heterocycles. The third kappa shape index (κ3) is 3.89. The van der Waals surface area contributed by atoms with Crippen molar-refractivity contribution < 1.29 is 14.3 Å². The van der Waals surface area contributed by atoms with Crippen molar-refractivity contribution in [3.05, 3.63) is 23.4 Å². The molecule has 1 amide bonds. The molecular weight excluding hydrogens is 318 g/mol. The first-order valence-corrected chi connectivity index (χ1v) is 9.11. The zero-order chi connectivity index (χ0) is 18.2. The number of amides is 1. The molecule has 0 spiro atoms. The molecule has 0 aromatic carbocycles. The predicted octanol–water partition coefficient (Wildman–Crippen LogP) is 2.99. The number of fused-ring (bicyclic) bond motifs is 3. The van der Waals surface area contributed by atoms with E-state index in [0.29, 0.717) is 26.3 Å². The van der Waals surface area contributed by atoms with Crippen LogP contribution in [0, 0.1) is 0 Å². The Morgan fingerprint density at radius 3 is 2.76 bits per heavy atom. The van der Waals surface area contributed by atoms with Crippen molar-refractivity contribution in [1.82, 2.24) is 9.88 Å². The van der Waals surface area contributed by atoms with Crippen molar-refractivity contribution >= 4 is 11.9 Å². The van der Waals surface area contributed by atoms with Crippen LogP contribution in [0.3, 0.4) is 0 Å². The molecule has 1 aromatic heterocycles. The minimum Gasteiger partial charge on any atom is -0.444 e. The second kappa shape index (κ2) is 6.83. The number of aromatic nitrogens is 1. The molecule has 138 valence electrons. The molecule has 0 aliphatic carbocycles. The lowest BCUT2D eigenvalue weighted by Crippen LogP contribution is -2.58. The average Bonchev–Trinajstić information content (AvgIpc) is 2.89. The summed E-state index contributed by atoms with van der Waals surface area (Å²) in [4.78, 5) is 21.5. The molecule has 3 rings (SSSR count). The van der Waals surface area contributed by atoms with Gasteiger partial charge in [0, 0.05) is 25.7 Å². The molecule has 1 fully saturated rings. The Hall–Kier alpha value is -1.82. The normalized spacial score (nSPS) is 22.6. The van der Waals surface area contributed by atoms with Crippen LogP contribution in [0.25, 0.3) is 0 Å². The second-order valence-corrected chi connectivity index (χ2v) is 7.92. The van der Waals surface area contributed by atoms with Gasteiger partial charge in [0.2, 0.25) is 0 Å². The SMILES string of the molecule is CCOCc1ccc2c(n1)N1[C@H](C2)CN(C(=O)OC(C)(C)C)C[C@H]1C. The van der Waals surface area contributed by atoms with Gasteiger partial charge in [0.25, 0.3) is 0 Å². The van der Waals surface area contributed by atoms with Crippen molar-refractivity contribution in [3.8, 4) is 0 Å². The fourth-order valence-corrected chi connectivity index (χ4v) is 3.64. The standard InChI is InChI=1S/C19H29N3O3/c1-6-24-12-15-8-7-14-9-16-11-21(18(23)25-19(3,4)5)10-13(2)22(16)17(14)20-15/h7-8,13,16H,6,9-12H2,1-5H3/t13-,16-/m1/s1. The number of piperazine rings is 1. The Labute approximate surface area is 150 Å². The van der Waals surface area contributed by atoms with E-state index in [1.807, 2.05) is 38.7 Å². The zero-order valence-corrected chi connectivity index (χ0v) is 15.9. The van der Waals surface area contributed by atoms with Gasteiger partial charge in [-0.15, -0.1) is 0 Å². The number of carbonyl (C=O) groups excluding carboxylic acids is 1. The molecule has 0 radical (unpaired) electrons. The summed E-state index contributed by atoms with van der Waals surface area (Å²) in [6, 6.07) is 4.67. The fourth-order valence-electron chi connectivity index (χ4n) is 3.64. The molecule has 25 heavy (non-hydrogen) atoms. The van der Waals surface area contributed by atoms with E-state index >= 15 is 0 Å². The summed E-state index contributed by atoms with van der Waals surface area (Å²) in [5.74, 6) is 1.05. The third-order valence-corrected chi connectivity index (χ3v) is 4.60. The van der Waals surface area contributed by atoms with Crippen LogP contribution in [0.2, 0.25) is 0 Å². The third-order valence-electron chi connectivity index (χ3n) is 4.60. The van der Waals surface area contributed by atoms with Crippen LogP contribution in [0.4, 0.5) is 10.6 Å². The summed E-state index contributed by atoms with van der Waals surface area (Å²) in [6.45, 7) is 12.4. The maximum absolute atomic E-state index is 12.4. The Bertz CT molecular complexity index is 641. The highest BCUT2D eigenvalue weighted by molar-refractivity contribution is 5.69. The Kier molecular flexibility index (Phi) is 4.91. The van der Waals surface area contributed by atoms with Crippen LogP contribution in [-0.4, -0.2) is 53.4 Å². The average molecular weight is 347 g/mol. The molecule has 2 aliphatic rings. The van der Waals surface area contributed by atoms with Crippen molar-refractivity contribution in [2.24, 2.45) is 0 Å². The van der Waals surface area contributed by atoms with Crippen LogP contribution in [0.5, 0.6) is 0 Å². The summed E-state index contributed by atoms with van der Waals surface area (Å²) < 4.78 is 11.0. The van der Waals surface area contributed by atoms with Crippen LogP contribution < -0.4 is 4.90 Å². The lowest BCUT2D eigenvalue weighted by molar-refractivity contribution is 0.0191. The largest absolute Gasteiger partial charge is 0.444 e. The predicted molar refractivity (Wildman–Crippen MR) is 96.8 cm³/mol. The highest BCUT2D eigenvalue weighted by Gasteiger charge is 2.41. The molecule has 0 saturated carbocycles. The number of nitrogens with zero attached hydrogens (tertiary/aromatic N) is 3. The molecular formula is C19H29N3O3. The molecule has 1 saturated heterocycles. The Morgan fingerprint density at radius 2 is 2.08 bits per heavy atom. The first kappa shape index (κ1) is 18.0. The van der Waals surface area contributed by atoms with Gasteiger partial charge in [0.05, 0.1) is 18.3 Å². The Balaban J connectivity index is 1.74. The van der Waals surface area contributed by atoms with Gasteiger partial charge in [-0.1, -0.05) is 6.07 Å². The van der Waals surface area contributed by atoms with Gasteiger partial charge in [-0.2, -0.15) is 0 Å². The van der Waals surface area contributed by atoms with E-state index in [9.17, 15) is 4.79 Å². The van der Waals surface area contributed by atoms with Gasteiger partial charge in [-0.25, -0.2) is 9.78 Å². The van der Waals surface area contributed by atoms with E-state index in [1.165, 1.54) is 5.56 Å². The van der Waals surface area contributed by atoms with Crippen LogP contribution in [-0.2, 0) is 22.5 Å². The van der Waals surface area contributed by atoms with Gasteiger partial charge in [0.15, 0.2) is 0 Å².